The molecule has 1 aromatic carbocycles. The van der Waals surface area contributed by atoms with Gasteiger partial charge in [0.05, 0.1) is 11.9 Å². The molecule has 0 radical (unpaired) electrons. The zero-order valence-electron chi connectivity index (χ0n) is 13.3. The number of hydrogen-bond donors (Lipinski definition) is 2. The lowest BCUT2D eigenvalue weighted by atomic mass is 10.2. The summed E-state index contributed by atoms with van der Waals surface area (Å²) in [5, 5.41) is 5.94. The van der Waals surface area contributed by atoms with Gasteiger partial charge in [0.2, 0.25) is 0 Å². The van der Waals surface area contributed by atoms with E-state index in [-0.39, 0.29) is 18.3 Å². The number of aromatic nitrogens is 1. The van der Waals surface area contributed by atoms with Crippen molar-refractivity contribution in [2.75, 3.05) is 11.9 Å². The second kappa shape index (κ2) is 8.88. The van der Waals surface area contributed by atoms with Crippen LogP contribution in [0.5, 0.6) is 0 Å². The molecule has 23 heavy (non-hydrogen) atoms. The molecule has 0 fully saturated rings. The number of carbonyl (C=O) groups is 1. The van der Waals surface area contributed by atoms with Crippen LogP contribution in [0.2, 0.25) is 0 Å². The number of carbonyl (C=O) groups excluding carboxylic acids is 1. The molecule has 1 aromatic heterocycles. The summed E-state index contributed by atoms with van der Waals surface area (Å²) in [6.45, 7) is 3.20. The number of benzene rings is 1. The van der Waals surface area contributed by atoms with Crippen LogP contribution in [0.1, 0.15) is 42.2 Å². The Balaban J connectivity index is 1.84. The lowest BCUT2D eigenvalue weighted by Gasteiger charge is -2.08. The molecule has 0 unspecified atom stereocenters. The first-order valence-corrected chi connectivity index (χ1v) is 7.92. The molecule has 1 amide bonds. The fraction of sp³-hybridized carbons (Fsp3) is 0.333. The van der Waals surface area contributed by atoms with E-state index in [0.29, 0.717) is 11.3 Å². The molecule has 0 aliphatic rings. The first-order chi connectivity index (χ1) is 11.2. The molecule has 4 nitrogen and oxygen atoms in total. The third-order valence-corrected chi connectivity index (χ3v) is 3.50. The van der Waals surface area contributed by atoms with Crippen molar-refractivity contribution in [3.05, 3.63) is 59.7 Å². The van der Waals surface area contributed by atoms with Gasteiger partial charge in [-0.25, -0.2) is 9.37 Å². The van der Waals surface area contributed by atoms with E-state index >= 15 is 0 Å². The summed E-state index contributed by atoms with van der Waals surface area (Å²) in [5.41, 5.74) is 1.67. The largest absolute Gasteiger partial charge is 0.384 e. The van der Waals surface area contributed by atoms with Gasteiger partial charge in [0.1, 0.15) is 11.5 Å². The van der Waals surface area contributed by atoms with Gasteiger partial charge in [-0.05, 0) is 24.6 Å². The highest BCUT2D eigenvalue weighted by Crippen LogP contribution is 2.08. The highest BCUT2D eigenvalue weighted by atomic mass is 19.1. The maximum absolute atomic E-state index is 13.5. The van der Waals surface area contributed by atoms with Gasteiger partial charge < -0.3 is 10.6 Å². The van der Waals surface area contributed by atoms with E-state index in [4.69, 9.17) is 0 Å². The van der Waals surface area contributed by atoms with Crippen molar-refractivity contribution in [1.29, 1.82) is 0 Å². The molecule has 2 N–H and O–H groups in total. The van der Waals surface area contributed by atoms with Crippen molar-refractivity contribution in [3.8, 4) is 0 Å². The number of rotatable bonds is 8. The van der Waals surface area contributed by atoms with Crippen molar-refractivity contribution < 1.29 is 9.18 Å². The van der Waals surface area contributed by atoms with Gasteiger partial charge in [0.25, 0.3) is 5.91 Å². The first kappa shape index (κ1) is 16.9. The van der Waals surface area contributed by atoms with Gasteiger partial charge in [0, 0.05) is 18.7 Å². The van der Waals surface area contributed by atoms with E-state index in [9.17, 15) is 9.18 Å². The molecular formula is C18H22FN3O. The van der Waals surface area contributed by atoms with Crippen LogP contribution >= 0.6 is 0 Å². The van der Waals surface area contributed by atoms with Gasteiger partial charge in [-0.15, -0.1) is 0 Å². The fourth-order valence-electron chi connectivity index (χ4n) is 2.15. The lowest BCUT2D eigenvalue weighted by Crippen LogP contribution is -2.24. The van der Waals surface area contributed by atoms with E-state index in [1.54, 1.807) is 30.5 Å². The summed E-state index contributed by atoms with van der Waals surface area (Å²) in [6, 6.07) is 9.87. The van der Waals surface area contributed by atoms with E-state index in [0.717, 1.165) is 18.7 Å². The molecule has 0 bridgehead atoms. The molecule has 1 heterocycles. The summed E-state index contributed by atoms with van der Waals surface area (Å²) in [4.78, 5) is 16.2. The normalized spacial score (nSPS) is 10.3. The highest BCUT2D eigenvalue weighted by Gasteiger charge is 2.08. The maximum atomic E-state index is 13.5. The van der Waals surface area contributed by atoms with Crippen LogP contribution in [0, 0.1) is 5.82 Å². The Morgan fingerprint density at radius 3 is 2.70 bits per heavy atom. The second-order valence-electron chi connectivity index (χ2n) is 5.34. The minimum Gasteiger partial charge on any atom is -0.384 e. The second-order valence-corrected chi connectivity index (χ2v) is 5.34. The Kier molecular flexibility index (Phi) is 6.54. The van der Waals surface area contributed by atoms with Crippen molar-refractivity contribution in [1.82, 2.24) is 10.3 Å². The molecule has 122 valence electrons. The number of nitrogens with zero attached hydrogens (tertiary/aromatic N) is 1. The predicted molar refractivity (Wildman–Crippen MR) is 89.8 cm³/mol. The highest BCUT2D eigenvalue weighted by molar-refractivity contribution is 5.92. The van der Waals surface area contributed by atoms with Crippen LogP contribution in [0.3, 0.4) is 0 Å². The van der Waals surface area contributed by atoms with Gasteiger partial charge >= 0.3 is 0 Å². The average Bonchev–Trinajstić information content (AvgIpc) is 2.58. The minimum absolute atomic E-state index is 0.143. The lowest BCUT2D eigenvalue weighted by molar-refractivity contribution is 0.0945. The zero-order valence-corrected chi connectivity index (χ0v) is 13.3. The molecule has 0 saturated carbocycles. The van der Waals surface area contributed by atoms with Crippen LogP contribution in [-0.2, 0) is 6.54 Å². The number of hydrogen-bond acceptors (Lipinski definition) is 3. The Bertz CT molecular complexity index is 628. The Labute approximate surface area is 136 Å². The standard InChI is InChI=1S/C18H22FN3O/c1-2-3-6-11-20-15-9-10-17(21-13-15)18(23)22-12-14-7-4-5-8-16(14)19/h4-5,7-10,13,20H,2-3,6,11-12H2,1H3,(H,22,23). The summed E-state index contributed by atoms with van der Waals surface area (Å²) in [5.74, 6) is -0.641. The van der Waals surface area contributed by atoms with E-state index in [2.05, 4.69) is 22.5 Å². The maximum Gasteiger partial charge on any atom is 0.270 e. The molecule has 2 rings (SSSR count). The summed E-state index contributed by atoms with van der Waals surface area (Å²) < 4.78 is 13.5. The van der Waals surface area contributed by atoms with Gasteiger partial charge in [-0.3, -0.25) is 4.79 Å². The molecule has 0 spiro atoms. The van der Waals surface area contributed by atoms with Crippen LogP contribution in [0.4, 0.5) is 10.1 Å². The van der Waals surface area contributed by atoms with E-state index in [1.807, 2.05) is 6.07 Å². The average molecular weight is 315 g/mol. The van der Waals surface area contributed by atoms with Gasteiger partial charge in [0.15, 0.2) is 0 Å². The molecule has 0 atom stereocenters. The smallest absolute Gasteiger partial charge is 0.270 e. The first-order valence-electron chi connectivity index (χ1n) is 7.92. The van der Waals surface area contributed by atoms with Crippen molar-refractivity contribution in [2.45, 2.75) is 32.7 Å². The number of halogens is 1. The number of unbranched alkanes of at least 4 members (excludes halogenated alkanes) is 2. The third-order valence-electron chi connectivity index (χ3n) is 3.50. The molecule has 5 heteroatoms. The third kappa shape index (κ3) is 5.36. The summed E-state index contributed by atoms with van der Waals surface area (Å²) in [6.07, 6.45) is 5.13. The van der Waals surface area contributed by atoms with Crippen molar-refractivity contribution in [3.63, 3.8) is 0 Å². The van der Waals surface area contributed by atoms with Crippen LogP contribution in [-0.4, -0.2) is 17.4 Å². The molecule has 0 saturated heterocycles. The summed E-state index contributed by atoms with van der Waals surface area (Å²) in [7, 11) is 0. The van der Waals surface area contributed by atoms with Crippen LogP contribution in [0.15, 0.2) is 42.6 Å². The van der Waals surface area contributed by atoms with Gasteiger partial charge in [-0.1, -0.05) is 38.0 Å². The molecule has 2 aromatic rings. The number of anilines is 1. The Morgan fingerprint density at radius 1 is 1.17 bits per heavy atom. The quantitative estimate of drug-likeness (QED) is 0.729. The van der Waals surface area contributed by atoms with Crippen LogP contribution < -0.4 is 10.6 Å². The number of nitrogens with one attached hydrogen (secondary N) is 2. The molecular weight excluding hydrogens is 293 g/mol. The number of amides is 1. The summed E-state index contributed by atoms with van der Waals surface area (Å²) >= 11 is 0. The van der Waals surface area contributed by atoms with E-state index < -0.39 is 0 Å². The fourth-order valence-corrected chi connectivity index (χ4v) is 2.15. The Hall–Kier alpha value is -2.43. The molecule has 0 aliphatic carbocycles. The van der Waals surface area contributed by atoms with Gasteiger partial charge in [-0.2, -0.15) is 0 Å². The minimum atomic E-state index is -0.326. The Morgan fingerprint density at radius 2 is 2.00 bits per heavy atom. The topological polar surface area (TPSA) is 54.0 Å². The predicted octanol–water partition coefficient (Wildman–Crippen LogP) is 3.75. The zero-order chi connectivity index (χ0) is 16.5. The monoisotopic (exact) mass is 315 g/mol. The van der Waals surface area contributed by atoms with Crippen molar-refractivity contribution >= 4 is 11.6 Å². The van der Waals surface area contributed by atoms with E-state index in [1.165, 1.54) is 18.9 Å². The SMILES string of the molecule is CCCCCNc1ccc(C(=O)NCc2ccccc2F)nc1. The number of pyridine rings is 1. The molecule has 0 aliphatic heterocycles. The van der Waals surface area contributed by atoms with Crippen LogP contribution in [0.25, 0.3) is 0 Å². The van der Waals surface area contributed by atoms with Crippen molar-refractivity contribution in [2.24, 2.45) is 0 Å².